The minimum absolute atomic E-state index is 1.14. The van der Waals surface area contributed by atoms with E-state index >= 15 is 0 Å². The molecule has 1 aromatic rings. The summed E-state index contributed by atoms with van der Waals surface area (Å²) in [5.41, 5.74) is 4.09. The molecule has 0 radical (unpaired) electrons. The van der Waals surface area contributed by atoms with E-state index in [0.29, 0.717) is 0 Å². The maximum atomic E-state index is 3.35. The molecule has 0 amide bonds. The molecule has 2 heteroatoms. The van der Waals surface area contributed by atoms with Crippen molar-refractivity contribution in [1.82, 2.24) is 9.88 Å². The van der Waals surface area contributed by atoms with Gasteiger partial charge < -0.3 is 4.98 Å². The SMILES string of the molecule is Cc1cc(CN2CCCC2)c(C)[nH]1. The molecule has 1 saturated heterocycles. The topological polar surface area (TPSA) is 19.0 Å². The molecule has 1 aliphatic rings. The number of nitrogens with one attached hydrogen (secondary N) is 1. The first-order valence-electron chi connectivity index (χ1n) is 5.13. The van der Waals surface area contributed by atoms with Gasteiger partial charge in [0.15, 0.2) is 0 Å². The minimum atomic E-state index is 1.14. The van der Waals surface area contributed by atoms with Crippen molar-refractivity contribution in [2.24, 2.45) is 0 Å². The van der Waals surface area contributed by atoms with Crippen LogP contribution in [0.1, 0.15) is 29.8 Å². The molecule has 2 heterocycles. The molecule has 2 nitrogen and oxygen atoms in total. The molecule has 0 bridgehead atoms. The molecule has 1 aliphatic heterocycles. The van der Waals surface area contributed by atoms with E-state index in [9.17, 15) is 0 Å². The summed E-state index contributed by atoms with van der Waals surface area (Å²) in [6.45, 7) is 7.99. The van der Waals surface area contributed by atoms with Crippen molar-refractivity contribution in [3.63, 3.8) is 0 Å². The summed E-state index contributed by atoms with van der Waals surface area (Å²) in [6, 6.07) is 2.27. The lowest BCUT2D eigenvalue weighted by molar-refractivity contribution is 0.331. The Morgan fingerprint density at radius 3 is 2.54 bits per heavy atom. The maximum Gasteiger partial charge on any atom is 0.0251 e. The van der Waals surface area contributed by atoms with Gasteiger partial charge in [-0.25, -0.2) is 0 Å². The van der Waals surface area contributed by atoms with Crippen LogP contribution in [0.3, 0.4) is 0 Å². The highest BCUT2D eigenvalue weighted by Crippen LogP contribution is 2.16. The summed E-state index contributed by atoms with van der Waals surface area (Å²) >= 11 is 0. The van der Waals surface area contributed by atoms with Gasteiger partial charge in [0, 0.05) is 17.9 Å². The molecule has 1 aromatic heterocycles. The predicted octanol–water partition coefficient (Wildman–Crippen LogP) is 2.23. The molecule has 0 aromatic carbocycles. The second-order valence-electron chi connectivity index (χ2n) is 4.09. The van der Waals surface area contributed by atoms with Gasteiger partial charge in [-0.3, -0.25) is 4.90 Å². The van der Waals surface area contributed by atoms with Crippen molar-refractivity contribution in [2.75, 3.05) is 13.1 Å². The largest absolute Gasteiger partial charge is 0.362 e. The van der Waals surface area contributed by atoms with E-state index in [2.05, 4.69) is 29.8 Å². The van der Waals surface area contributed by atoms with Gasteiger partial charge in [0.05, 0.1) is 0 Å². The summed E-state index contributed by atoms with van der Waals surface area (Å²) in [4.78, 5) is 5.89. The van der Waals surface area contributed by atoms with Crippen LogP contribution < -0.4 is 0 Å². The lowest BCUT2D eigenvalue weighted by Gasteiger charge is -2.13. The van der Waals surface area contributed by atoms with Gasteiger partial charge in [-0.1, -0.05) is 0 Å². The zero-order valence-corrected chi connectivity index (χ0v) is 8.56. The van der Waals surface area contributed by atoms with Crippen LogP contribution in [0, 0.1) is 13.8 Å². The Labute approximate surface area is 79.9 Å². The highest BCUT2D eigenvalue weighted by atomic mass is 15.1. The normalized spacial score (nSPS) is 18.3. The Bertz CT molecular complexity index is 282. The molecular weight excluding hydrogens is 160 g/mol. The van der Waals surface area contributed by atoms with Crippen LogP contribution in [-0.2, 0) is 6.54 Å². The van der Waals surface area contributed by atoms with Gasteiger partial charge in [-0.2, -0.15) is 0 Å². The zero-order valence-electron chi connectivity index (χ0n) is 8.56. The average Bonchev–Trinajstić information content (AvgIpc) is 2.63. The Hall–Kier alpha value is -0.760. The monoisotopic (exact) mass is 178 g/mol. The predicted molar refractivity (Wildman–Crippen MR) is 54.8 cm³/mol. The lowest BCUT2D eigenvalue weighted by Crippen LogP contribution is -2.18. The number of aromatic nitrogens is 1. The summed E-state index contributed by atoms with van der Waals surface area (Å²) in [5, 5.41) is 0. The molecular formula is C11H18N2. The number of H-pyrrole nitrogens is 1. The number of hydrogen-bond acceptors (Lipinski definition) is 1. The lowest BCUT2D eigenvalue weighted by atomic mass is 10.2. The highest BCUT2D eigenvalue weighted by molar-refractivity contribution is 5.24. The van der Waals surface area contributed by atoms with E-state index in [-0.39, 0.29) is 0 Å². The minimum Gasteiger partial charge on any atom is -0.362 e. The molecule has 13 heavy (non-hydrogen) atoms. The van der Waals surface area contributed by atoms with Crippen molar-refractivity contribution < 1.29 is 0 Å². The van der Waals surface area contributed by atoms with Crippen LogP contribution in [0.25, 0.3) is 0 Å². The van der Waals surface area contributed by atoms with Gasteiger partial charge in [0.25, 0.3) is 0 Å². The molecule has 0 unspecified atom stereocenters. The van der Waals surface area contributed by atoms with Crippen LogP contribution in [-0.4, -0.2) is 23.0 Å². The third-order valence-corrected chi connectivity index (χ3v) is 2.85. The Morgan fingerprint density at radius 2 is 2.00 bits per heavy atom. The van der Waals surface area contributed by atoms with Gasteiger partial charge in [-0.05, 0) is 51.4 Å². The van der Waals surface area contributed by atoms with Crippen molar-refractivity contribution >= 4 is 0 Å². The fourth-order valence-electron chi connectivity index (χ4n) is 2.13. The fourth-order valence-corrected chi connectivity index (χ4v) is 2.13. The van der Waals surface area contributed by atoms with E-state index in [1.165, 1.54) is 42.9 Å². The molecule has 0 spiro atoms. The zero-order chi connectivity index (χ0) is 9.26. The highest BCUT2D eigenvalue weighted by Gasteiger charge is 2.13. The number of rotatable bonds is 2. The number of aryl methyl sites for hydroxylation is 2. The first-order chi connectivity index (χ1) is 6.25. The van der Waals surface area contributed by atoms with Gasteiger partial charge in [0.2, 0.25) is 0 Å². The molecule has 2 rings (SSSR count). The van der Waals surface area contributed by atoms with Crippen LogP contribution in [0.4, 0.5) is 0 Å². The summed E-state index contributed by atoms with van der Waals surface area (Å²) in [5.74, 6) is 0. The second kappa shape index (κ2) is 3.54. The first-order valence-corrected chi connectivity index (χ1v) is 5.13. The van der Waals surface area contributed by atoms with E-state index in [4.69, 9.17) is 0 Å². The second-order valence-corrected chi connectivity index (χ2v) is 4.09. The molecule has 72 valence electrons. The molecule has 0 aliphatic carbocycles. The third-order valence-electron chi connectivity index (χ3n) is 2.85. The summed E-state index contributed by atoms with van der Waals surface area (Å²) in [7, 11) is 0. The number of hydrogen-bond donors (Lipinski definition) is 1. The third kappa shape index (κ3) is 1.94. The molecule has 1 N–H and O–H groups in total. The van der Waals surface area contributed by atoms with Gasteiger partial charge in [-0.15, -0.1) is 0 Å². The first kappa shape index (κ1) is 8.82. The number of nitrogens with zero attached hydrogens (tertiary/aromatic N) is 1. The van der Waals surface area contributed by atoms with Gasteiger partial charge in [0.1, 0.15) is 0 Å². The average molecular weight is 178 g/mol. The van der Waals surface area contributed by atoms with Crippen LogP contribution in [0.2, 0.25) is 0 Å². The molecule has 0 saturated carbocycles. The summed E-state index contributed by atoms with van der Waals surface area (Å²) in [6.07, 6.45) is 2.75. The van der Waals surface area contributed by atoms with Crippen LogP contribution in [0.15, 0.2) is 6.07 Å². The van der Waals surface area contributed by atoms with Crippen molar-refractivity contribution in [2.45, 2.75) is 33.2 Å². The van der Waals surface area contributed by atoms with Crippen LogP contribution >= 0.6 is 0 Å². The number of aromatic amines is 1. The van der Waals surface area contributed by atoms with E-state index in [1.54, 1.807) is 0 Å². The Balaban J connectivity index is 2.03. The quantitative estimate of drug-likeness (QED) is 0.735. The fraction of sp³-hybridized carbons (Fsp3) is 0.636. The summed E-state index contributed by atoms with van der Waals surface area (Å²) < 4.78 is 0. The number of likely N-dealkylation sites (tertiary alicyclic amines) is 1. The van der Waals surface area contributed by atoms with Crippen molar-refractivity contribution in [1.29, 1.82) is 0 Å². The van der Waals surface area contributed by atoms with Gasteiger partial charge >= 0.3 is 0 Å². The van der Waals surface area contributed by atoms with E-state index < -0.39 is 0 Å². The smallest absolute Gasteiger partial charge is 0.0251 e. The van der Waals surface area contributed by atoms with Crippen molar-refractivity contribution in [3.05, 3.63) is 23.0 Å². The van der Waals surface area contributed by atoms with Crippen molar-refractivity contribution in [3.8, 4) is 0 Å². The standard InChI is InChI=1S/C11H18N2/c1-9-7-11(10(2)12-9)8-13-5-3-4-6-13/h7,12H,3-6,8H2,1-2H3. The molecule has 1 fully saturated rings. The van der Waals surface area contributed by atoms with Crippen LogP contribution in [0.5, 0.6) is 0 Å². The Kier molecular flexibility index (Phi) is 2.40. The maximum absolute atomic E-state index is 3.35. The van der Waals surface area contributed by atoms with E-state index in [0.717, 1.165) is 6.54 Å². The van der Waals surface area contributed by atoms with E-state index in [1.807, 2.05) is 0 Å². The molecule has 0 atom stereocenters. The Morgan fingerprint density at radius 1 is 1.31 bits per heavy atom.